The molecular weight excluding hydrogens is 322 g/mol. The third-order valence-electron chi connectivity index (χ3n) is 3.67. The van der Waals surface area contributed by atoms with Crippen molar-refractivity contribution in [1.29, 1.82) is 0 Å². The van der Waals surface area contributed by atoms with E-state index in [4.69, 9.17) is 18.0 Å². The van der Waals surface area contributed by atoms with Gasteiger partial charge < -0.3 is 11.1 Å². The van der Waals surface area contributed by atoms with Gasteiger partial charge in [-0.05, 0) is 54.9 Å². The summed E-state index contributed by atoms with van der Waals surface area (Å²) in [7, 11) is 2.19. The summed E-state index contributed by atoms with van der Waals surface area (Å²) in [6.07, 6.45) is 2.66. The van der Waals surface area contributed by atoms with Crippen LogP contribution in [0.15, 0.2) is 22.7 Å². The Labute approximate surface area is 128 Å². The van der Waals surface area contributed by atoms with E-state index in [1.165, 1.54) is 12.8 Å². The maximum atomic E-state index is 5.79. The Hall–Kier alpha value is -0.650. The third kappa shape index (κ3) is 3.68. The van der Waals surface area contributed by atoms with Crippen LogP contribution in [0.5, 0.6) is 0 Å². The molecule has 1 saturated carbocycles. The molecule has 0 aromatic heterocycles. The summed E-state index contributed by atoms with van der Waals surface area (Å²) in [4.78, 5) is 2.85. The highest BCUT2D eigenvalue weighted by Gasteiger charge is 2.28. The van der Waals surface area contributed by atoms with Gasteiger partial charge in [-0.15, -0.1) is 0 Å². The number of hydrogen-bond donors (Lipinski definition) is 2. The van der Waals surface area contributed by atoms with Crippen LogP contribution in [-0.4, -0.2) is 35.6 Å². The minimum Gasteiger partial charge on any atom is -0.389 e. The molecule has 2 rings (SSSR count). The number of nitrogens with zero attached hydrogens (tertiary/aromatic N) is 1. The van der Waals surface area contributed by atoms with Crippen molar-refractivity contribution in [3.05, 3.63) is 28.2 Å². The van der Waals surface area contributed by atoms with Crippen LogP contribution < -0.4 is 11.1 Å². The van der Waals surface area contributed by atoms with Crippen molar-refractivity contribution in [3.8, 4) is 0 Å². The molecule has 0 radical (unpaired) electrons. The molecule has 1 unspecified atom stereocenters. The van der Waals surface area contributed by atoms with E-state index in [2.05, 4.69) is 40.1 Å². The lowest BCUT2D eigenvalue weighted by Crippen LogP contribution is -2.36. The molecule has 19 heavy (non-hydrogen) atoms. The molecule has 1 aromatic rings. The van der Waals surface area contributed by atoms with E-state index >= 15 is 0 Å². The summed E-state index contributed by atoms with van der Waals surface area (Å²) < 4.78 is 0.938. The summed E-state index contributed by atoms with van der Waals surface area (Å²) in [5.74, 6) is 0. The minimum atomic E-state index is 0.415. The molecule has 1 aliphatic rings. The van der Waals surface area contributed by atoms with Crippen molar-refractivity contribution in [3.63, 3.8) is 0 Å². The van der Waals surface area contributed by atoms with Gasteiger partial charge in [0.05, 0.1) is 0 Å². The molecule has 1 aromatic carbocycles. The predicted molar refractivity (Wildman–Crippen MR) is 88.8 cm³/mol. The Bertz CT molecular complexity index is 474. The molecule has 5 heteroatoms. The normalized spacial score (nSPS) is 16.4. The van der Waals surface area contributed by atoms with Gasteiger partial charge in [-0.1, -0.05) is 18.3 Å². The number of hydrogen-bond acceptors (Lipinski definition) is 3. The lowest BCUT2D eigenvalue weighted by molar-refractivity contribution is 0.257. The summed E-state index contributed by atoms with van der Waals surface area (Å²) >= 11 is 8.62. The summed E-state index contributed by atoms with van der Waals surface area (Å²) in [6.45, 7) is 3.13. The fourth-order valence-corrected chi connectivity index (χ4v) is 3.10. The van der Waals surface area contributed by atoms with Crippen LogP contribution >= 0.6 is 28.1 Å². The molecule has 1 fully saturated rings. The first-order valence-electron chi connectivity index (χ1n) is 6.55. The fraction of sp³-hybridized carbons (Fsp3) is 0.500. The van der Waals surface area contributed by atoms with Crippen molar-refractivity contribution >= 4 is 38.8 Å². The predicted octanol–water partition coefficient (Wildman–Crippen LogP) is 2.98. The minimum absolute atomic E-state index is 0.415. The van der Waals surface area contributed by atoms with E-state index in [0.29, 0.717) is 11.0 Å². The zero-order chi connectivity index (χ0) is 14.0. The average Bonchev–Trinajstić information content (AvgIpc) is 3.18. The van der Waals surface area contributed by atoms with Crippen molar-refractivity contribution in [2.24, 2.45) is 5.73 Å². The number of halogens is 1. The second kappa shape index (κ2) is 6.20. The molecule has 0 aliphatic heterocycles. The smallest absolute Gasteiger partial charge is 0.107 e. The zero-order valence-electron chi connectivity index (χ0n) is 11.3. The Morgan fingerprint density at radius 2 is 2.26 bits per heavy atom. The molecule has 0 saturated heterocycles. The van der Waals surface area contributed by atoms with Crippen molar-refractivity contribution in [2.75, 3.05) is 18.9 Å². The fourth-order valence-electron chi connectivity index (χ4n) is 2.17. The lowest BCUT2D eigenvalue weighted by Gasteiger charge is -2.25. The van der Waals surface area contributed by atoms with Gasteiger partial charge in [0.1, 0.15) is 4.99 Å². The zero-order valence-corrected chi connectivity index (χ0v) is 13.7. The Morgan fingerprint density at radius 1 is 1.58 bits per heavy atom. The van der Waals surface area contributed by atoms with Gasteiger partial charge in [0, 0.05) is 34.4 Å². The van der Waals surface area contributed by atoms with Crippen LogP contribution in [0.4, 0.5) is 5.69 Å². The van der Waals surface area contributed by atoms with Crippen molar-refractivity contribution in [2.45, 2.75) is 31.8 Å². The first-order chi connectivity index (χ1) is 9.00. The van der Waals surface area contributed by atoms with E-state index in [0.717, 1.165) is 28.3 Å². The highest BCUT2D eigenvalue weighted by Crippen LogP contribution is 2.28. The van der Waals surface area contributed by atoms with E-state index in [1.54, 1.807) is 0 Å². The first-order valence-corrected chi connectivity index (χ1v) is 7.75. The van der Waals surface area contributed by atoms with Crippen LogP contribution in [0.2, 0.25) is 0 Å². The van der Waals surface area contributed by atoms with E-state index in [-0.39, 0.29) is 0 Å². The van der Waals surface area contributed by atoms with Gasteiger partial charge in [0.15, 0.2) is 0 Å². The van der Waals surface area contributed by atoms with Gasteiger partial charge in [-0.3, -0.25) is 4.90 Å². The molecule has 0 amide bonds. The van der Waals surface area contributed by atoms with Gasteiger partial charge in [0.2, 0.25) is 0 Å². The molecule has 0 spiro atoms. The quantitative estimate of drug-likeness (QED) is 0.780. The number of nitrogens with two attached hydrogens (primary N) is 1. The molecule has 0 heterocycles. The van der Waals surface area contributed by atoms with Crippen LogP contribution in [0.25, 0.3) is 0 Å². The van der Waals surface area contributed by atoms with Crippen LogP contribution in [0, 0.1) is 0 Å². The lowest BCUT2D eigenvalue weighted by atomic mass is 10.1. The van der Waals surface area contributed by atoms with E-state index in [1.807, 2.05) is 18.2 Å². The molecular formula is C14H20BrN3S. The molecule has 3 nitrogen and oxygen atoms in total. The molecule has 1 aliphatic carbocycles. The maximum Gasteiger partial charge on any atom is 0.107 e. The largest absolute Gasteiger partial charge is 0.389 e. The average molecular weight is 342 g/mol. The van der Waals surface area contributed by atoms with Gasteiger partial charge in [0.25, 0.3) is 0 Å². The highest BCUT2D eigenvalue weighted by atomic mass is 79.9. The van der Waals surface area contributed by atoms with Gasteiger partial charge in [-0.2, -0.15) is 0 Å². The number of nitrogens with one attached hydrogen (secondary N) is 1. The monoisotopic (exact) mass is 341 g/mol. The summed E-state index contributed by atoms with van der Waals surface area (Å²) in [5.41, 5.74) is 7.68. The van der Waals surface area contributed by atoms with Crippen LogP contribution in [-0.2, 0) is 0 Å². The number of thiocarbonyl (C=S) groups is 1. The molecule has 3 N–H and O–H groups in total. The van der Waals surface area contributed by atoms with E-state index in [9.17, 15) is 0 Å². The standard InChI is InChI=1S/C14H20BrN3S/c1-9(18(2)10-6-7-10)8-17-12-5-3-4-11(15)13(12)14(16)19/h3-5,9-10,17H,6-8H2,1-2H3,(H2,16,19). The third-order valence-corrected chi connectivity index (χ3v) is 4.53. The maximum absolute atomic E-state index is 5.79. The number of likely N-dealkylation sites (N-methyl/N-ethyl adjacent to an activating group) is 1. The highest BCUT2D eigenvalue weighted by molar-refractivity contribution is 9.10. The van der Waals surface area contributed by atoms with Gasteiger partial charge >= 0.3 is 0 Å². The first kappa shape index (κ1) is 14.8. The Morgan fingerprint density at radius 3 is 2.84 bits per heavy atom. The van der Waals surface area contributed by atoms with Crippen molar-refractivity contribution < 1.29 is 0 Å². The summed E-state index contributed by atoms with van der Waals surface area (Å²) in [6, 6.07) is 7.23. The van der Waals surface area contributed by atoms with Crippen molar-refractivity contribution in [1.82, 2.24) is 4.90 Å². The summed E-state index contributed by atoms with van der Waals surface area (Å²) in [5, 5.41) is 3.46. The number of rotatable bonds is 6. The number of benzene rings is 1. The Balaban J connectivity index is 2.02. The molecule has 1 atom stereocenters. The van der Waals surface area contributed by atoms with E-state index < -0.39 is 0 Å². The number of anilines is 1. The SMILES string of the molecule is CC(CNc1cccc(Br)c1C(N)=S)N(C)C1CC1. The van der Waals surface area contributed by atoms with Crippen LogP contribution in [0.1, 0.15) is 25.3 Å². The second-order valence-corrected chi connectivity index (χ2v) is 6.45. The topological polar surface area (TPSA) is 41.3 Å². The molecule has 104 valence electrons. The second-order valence-electron chi connectivity index (χ2n) is 5.15. The molecule has 0 bridgehead atoms. The van der Waals surface area contributed by atoms with Crippen LogP contribution in [0.3, 0.4) is 0 Å². The van der Waals surface area contributed by atoms with Gasteiger partial charge in [-0.25, -0.2) is 0 Å². The Kier molecular flexibility index (Phi) is 4.81.